The maximum absolute atomic E-state index is 12.6. The lowest BCUT2D eigenvalue weighted by molar-refractivity contribution is -0.0155. The third kappa shape index (κ3) is 3.21. The van der Waals surface area contributed by atoms with Gasteiger partial charge in [0.25, 0.3) is 11.8 Å². The lowest BCUT2D eigenvalue weighted by Crippen LogP contribution is -2.43. The SMILES string of the molecule is Cn1cccc1C(=O)N1CCCC(OCc2nc(C3CC3)no2)C1. The highest BCUT2D eigenvalue weighted by atomic mass is 16.5. The Morgan fingerprint density at radius 1 is 1.42 bits per heavy atom. The van der Waals surface area contributed by atoms with Gasteiger partial charge in [0.05, 0.1) is 6.10 Å². The number of likely N-dealkylation sites (tertiary alicyclic amines) is 1. The molecule has 1 amide bonds. The van der Waals surface area contributed by atoms with Crippen molar-refractivity contribution >= 4 is 5.91 Å². The molecule has 7 nitrogen and oxygen atoms in total. The van der Waals surface area contributed by atoms with E-state index in [1.54, 1.807) is 0 Å². The minimum atomic E-state index is 0.0132. The van der Waals surface area contributed by atoms with Gasteiger partial charge < -0.3 is 18.7 Å². The topological polar surface area (TPSA) is 73.4 Å². The average Bonchev–Trinajstić information content (AvgIpc) is 3.19. The Hall–Kier alpha value is -2.15. The minimum Gasteiger partial charge on any atom is -0.367 e. The van der Waals surface area contributed by atoms with Gasteiger partial charge in [-0.2, -0.15) is 4.98 Å². The van der Waals surface area contributed by atoms with Crippen LogP contribution >= 0.6 is 0 Å². The van der Waals surface area contributed by atoms with Gasteiger partial charge in [-0.05, 0) is 37.8 Å². The van der Waals surface area contributed by atoms with Crippen LogP contribution in [0.1, 0.15) is 53.8 Å². The molecule has 1 saturated heterocycles. The predicted octanol–water partition coefficient (Wildman–Crippen LogP) is 2.11. The minimum absolute atomic E-state index is 0.0132. The second kappa shape index (κ2) is 6.39. The van der Waals surface area contributed by atoms with Crippen molar-refractivity contribution in [2.45, 2.75) is 44.3 Å². The highest BCUT2D eigenvalue weighted by molar-refractivity contribution is 5.92. The summed E-state index contributed by atoms with van der Waals surface area (Å²) >= 11 is 0. The first-order chi connectivity index (χ1) is 11.7. The van der Waals surface area contributed by atoms with E-state index in [-0.39, 0.29) is 12.0 Å². The summed E-state index contributed by atoms with van der Waals surface area (Å²) in [6, 6.07) is 3.74. The zero-order chi connectivity index (χ0) is 16.5. The van der Waals surface area contributed by atoms with Crippen LogP contribution < -0.4 is 0 Å². The van der Waals surface area contributed by atoms with Crippen molar-refractivity contribution in [3.8, 4) is 0 Å². The third-order valence-corrected chi connectivity index (χ3v) is 4.70. The van der Waals surface area contributed by atoms with Crippen LogP contribution in [-0.2, 0) is 18.4 Å². The van der Waals surface area contributed by atoms with Crippen LogP contribution in [0.2, 0.25) is 0 Å². The highest BCUT2D eigenvalue weighted by Crippen LogP contribution is 2.38. The number of piperidine rings is 1. The highest BCUT2D eigenvalue weighted by Gasteiger charge is 2.29. The molecule has 2 aliphatic rings. The maximum Gasteiger partial charge on any atom is 0.270 e. The van der Waals surface area contributed by atoms with Crippen LogP contribution in [0.5, 0.6) is 0 Å². The van der Waals surface area contributed by atoms with E-state index in [9.17, 15) is 4.79 Å². The normalized spacial score (nSPS) is 21.2. The van der Waals surface area contributed by atoms with Crippen LogP contribution in [0.25, 0.3) is 0 Å². The van der Waals surface area contributed by atoms with E-state index in [0.717, 1.165) is 38.1 Å². The zero-order valence-electron chi connectivity index (χ0n) is 13.9. The number of hydrogen-bond donors (Lipinski definition) is 0. The summed E-state index contributed by atoms with van der Waals surface area (Å²) in [7, 11) is 1.89. The van der Waals surface area contributed by atoms with Crippen molar-refractivity contribution < 1.29 is 14.1 Å². The molecule has 0 radical (unpaired) electrons. The summed E-state index contributed by atoms with van der Waals surface area (Å²) in [4.78, 5) is 18.8. The summed E-state index contributed by atoms with van der Waals surface area (Å²) < 4.78 is 13.0. The van der Waals surface area contributed by atoms with Gasteiger partial charge in [0, 0.05) is 32.3 Å². The summed E-state index contributed by atoms with van der Waals surface area (Å²) in [5, 5.41) is 4.00. The van der Waals surface area contributed by atoms with E-state index >= 15 is 0 Å². The van der Waals surface area contributed by atoms with Crippen LogP contribution in [-0.4, -0.2) is 44.7 Å². The zero-order valence-corrected chi connectivity index (χ0v) is 13.9. The summed E-state index contributed by atoms with van der Waals surface area (Å²) in [6.07, 6.45) is 6.09. The Kier molecular flexibility index (Phi) is 4.10. The molecule has 0 aromatic carbocycles. The lowest BCUT2D eigenvalue weighted by atomic mass is 10.1. The summed E-state index contributed by atoms with van der Waals surface area (Å²) in [5.41, 5.74) is 0.710. The first-order valence-electron chi connectivity index (χ1n) is 8.55. The number of hydrogen-bond acceptors (Lipinski definition) is 5. The molecule has 7 heteroatoms. The van der Waals surface area contributed by atoms with Gasteiger partial charge in [0.15, 0.2) is 5.82 Å². The summed E-state index contributed by atoms with van der Waals surface area (Å²) in [6.45, 7) is 1.69. The molecule has 0 bridgehead atoms. The number of carbonyl (C=O) groups excluding carboxylic acids is 1. The van der Waals surface area contributed by atoms with E-state index in [1.165, 1.54) is 0 Å². The molecule has 2 fully saturated rings. The number of rotatable bonds is 5. The fourth-order valence-corrected chi connectivity index (χ4v) is 3.13. The van der Waals surface area contributed by atoms with Gasteiger partial charge in [-0.3, -0.25) is 4.79 Å². The van der Waals surface area contributed by atoms with E-state index < -0.39 is 0 Å². The molecule has 1 unspecified atom stereocenters. The molecule has 3 heterocycles. The smallest absolute Gasteiger partial charge is 0.270 e. The quantitative estimate of drug-likeness (QED) is 0.839. The van der Waals surface area contributed by atoms with Crippen molar-refractivity contribution in [3.63, 3.8) is 0 Å². The molecule has 24 heavy (non-hydrogen) atoms. The van der Waals surface area contributed by atoms with Gasteiger partial charge in [-0.15, -0.1) is 0 Å². The summed E-state index contributed by atoms with van der Waals surface area (Å²) in [5.74, 6) is 1.88. The molecule has 1 aliphatic heterocycles. The van der Waals surface area contributed by atoms with Crippen molar-refractivity contribution in [1.29, 1.82) is 0 Å². The predicted molar refractivity (Wildman–Crippen MR) is 85.4 cm³/mol. The molecule has 0 spiro atoms. The Morgan fingerprint density at radius 2 is 2.29 bits per heavy atom. The van der Waals surface area contributed by atoms with Crippen LogP contribution in [0.15, 0.2) is 22.9 Å². The molecule has 4 rings (SSSR count). The largest absolute Gasteiger partial charge is 0.367 e. The second-order valence-electron chi connectivity index (χ2n) is 6.65. The van der Waals surface area contributed by atoms with Crippen molar-refractivity contribution in [1.82, 2.24) is 19.6 Å². The van der Waals surface area contributed by atoms with E-state index in [2.05, 4.69) is 10.1 Å². The number of aryl methyl sites for hydroxylation is 1. The van der Waals surface area contributed by atoms with Gasteiger partial charge in [-0.25, -0.2) is 0 Å². The average molecular weight is 330 g/mol. The maximum atomic E-state index is 12.6. The molecule has 1 saturated carbocycles. The van der Waals surface area contributed by atoms with Crippen LogP contribution in [0, 0.1) is 0 Å². The molecule has 1 atom stereocenters. The first-order valence-corrected chi connectivity index (χ1v) is 8.55. The van der Waals surface area contributed by atoms with Crippen LogP contribution in [0.4, 0.5) is 0 Å². The van der Waals surface area contributed by atoms with Gasteiger partial charge >= 0.3 is 0 Å². The van der Waals surface area contributed by atoms with E-state index in [1.807, 2.05) is 34.8 Å². The number of carbonyl (C=O) groups is 1. The number of ether oxygens (including phenoxy) is 1. The first kappa shape index (κ1) is 15.4. The van der Waals surface area contributed by atoms with Crippen molar-refractivity contribution in [2.75, 3.05) is 13.1 Å². The number of amides is 1. The monoisotopic (exact) mass is 330 g/mol. The van der Waals surface area contributed by atoms with Crippen molar-refractivity contribution in [2.24, 2.45) is 7.05 Å². The van der Waals surface area contributed by atoms with Crippen LogP contribution in [0.3, 0.4) is 0 Å². The molecule has 128 valence electrons. The molecule has 2 aromatic heterocycles. The Labute approximate surface area is 140 Å². The molecule has 2 aromatic rings. The van der Waals surface area contributed by atoms with Gasteiger partial charge in [0.1, 0.15) is 12.3 Å². The lowest BCUT2D eigenvalue weighted by Gasteiger charge is -2.32. The Morgan fingerprint density at radius 3 is 3.04 bits per heavy atom. The number of nitrogens with zero attached hydrogens (tertiary/aromatic N) is 4. The van der Waals surface area contributed by atoms with E-state index in [0.29, 0.717) is 30.7 Å². The fourth-order valence-electron chi connectivity index (χ4n) is 3.13. The molecule has 0 N–H and O–H groups in total. The standard InChI is InChI=1S/C17H22N4O3/c1-20-8-3-5-14(20)17(22)21-9-2-4-13(10-21)23-11-15-18-16(19-24-15)12-6-7-12/h3,5,8,12-13H,2,4,6-7,9-11H2,1H3. The second-order valence-corrected chi connectivity index (χ2v) is 6.65. The molecular weight excluding hydrogens is 308 g/mol. The third-order valence-electron chi connectivity index (χ3n) is 4.70. The Bertz CT molecular complexity index is 719. The fraction of sp³-hybridized carbons (Fsp3) is 0.588. The van der Waals surface area contributed by atoms with Gasteiger partial charge in [0.2, 0.25) is 0 Å². The van der Waals surface area contributed by atoms with Crippen molar-refractivity contribution in [3.05, 3.63) is 35.7 Å². The molecular formula is C17H22N4O3. The Balaban J connectivity index is 1.32. The van der Waals surface area contributed by atoms with E-state index in [4.69, 9.17) is 9.26 Å². The number of aromatic nitrogens is 3. The van der Waals surface area contributed by atoms with Gasteiger partial charge in [-0.1, -0.05) is 5.16 Å². The molecule has 1 aliphatic carbocycles.